The van der Waals surface area contributed by atoms with Crippen LogP contribution in [-0.4, -0.2) is 36.5 Å². The van der Waals surface area contributed by atoms with E-state index in [1.54, 1.807) is 18.2 Å². The lowest BCUT2D eigenvalue weighted by atomic mass is 9.93. The predicted octanol–water partition coefficient (Wildman–Crippen LogP) is 3.15. The van der Waals surface area contributed by atoms with Crippen molar-refractivity contribution in [2.45, 2.75) is 31.3 Å². The van der Waals surface area contributed by atoms with Gasteiger partial charge in [0.15, 0.2) is 0 Å². The zero-order valence-electron chi connectivity index (χ0n) is 14.7. The summed E-state index contributed by atoms with van der Waals surface area (Å²) in [7, 11) is 0. The van der Waals surface area contributed by atoms with Crippen LogP contribution in [0.1, 0.15) is 26.5 Å². The van der Waals surface area contributed by atoms with Gasteiger partial charge in [-0.25, -0.2) is 0 Å². The number of hydrogen-bond acceptors (Lipinski definition) is 6. The fourth-order valence-electron chi connectivity index (χ4n) is 2.27. The molecule has 2 heterocycles. The first-order chi connectivity index (χ1) is 12.6. The van der Waals surface area contributed by atoms with Crippen molar-refractivity contribution >= 4 is 52.3 Å². The van der Waals surface area contributed by atoms with Crippen molar-refractivity contribution in [2.75, 3.05) is 11.1 Å². The number of benzene rings is 1. The van der Waals surface area contributed by atoms with Crippen molar-refractivity contribution in [3.8, 4) is 0 Å². The van der Waals surface area contributed by atoms with Crippen LogP contribution in [0.2, 0.25) is 10.0 Å². The Morgan fingerprint density at radius 3 is 2.52 bits per heavy atom. The fourth-order valence-corrected chi connectivity index (χ4v) is 3.48. The average molecular weight is 427 g/mol. The van der Waals surface area contributed by atoms with Crippen LogP contribution < -0.4 is 10.9 Å². The third-order valence-corrected chi connectivity index (χ3v) is 4.80. The third-order valence-electron chi connectivity index (χ3n) is 3.44. The van der Waals surface area contributed by atoms with E-state index >= 15 is 0 Å². The van der Waals surface area contributed by atoms with Gasteiger partial charge in [0.05, 0.1) is 5.75 Å². The van der Waals surface area contributed by atoms with Gasteiger partial charge in [0, 0.05) is 21.1 Å². The van der Waals surface area contributed by atoms with E-state index in [1.807, 2.05) is 20.8 Å². The molecule has 0 aliphatic rings. The molecule has 0 fully saturated rings. The molecule has 0 spiro atoms. The molecule has 8 nitrogen and oxygen atoms in total. The summed E-state index contributed by atoms with van der Waals surface area (Å²) in [6, 6.07) is 4.78. The summed E-state index contributed by atoms with van der Waals surface area (Å²) in [5.74, 6) is 0.0180. The van der Waals surface area contributed by atoms with Crippen LogP contribution in [-0.2, 0) is 10.2 Å². The number of rotatable bonds is 4. The van der Waals surface area contributed by atoms with Crippen LogP contribution in [0.15, 0.2) is 28.2 Å². The minimum Gasteiger partial charge on any atom is -0.325 e. The Hall–Kier alpha value is -2.10. The molecule has 3 rings (SSSR count). The summed E-state index contributed by atoms with van der Waals surface area (Å²) < 4.78 is 1.43. The van der Waals surface area contributed by atoms with Crippen molar-refractivity contribution in [1.29, 1.82) is 0 Å². The summed E-state index contributed by atoms with van der Waals surface area (Å²) in [4.78, 5) is 27.0. The van der Waals surface area contributed by atoms with E-state index in [0.29, 0.717) is 26.6 Å². The summed E-state index contributed by atoms with van der Waals surface area (Å²) in [6.45, 7) is 5.66. The molecule has 0 aliphatic heterocycles. The van der Waals surface area contributed by atoms with Crippen molar-refractivity contribution in [1.82, 2.24) is 24.8 Å². The van der Waals surface area contributed by atoms with Crippen molar-refractivity contribution in [3.63, 3.8) is 0 Å². The average Bonchev–Trinajstić information content (AvgIpc) is 2.92. The number of carbonyl (C=O) groups is 1. The lowest BCUT2D eigenvalue weighted by molar-refractivity contribution is -0.113. The van der Waals surface area contributed by atoms with Crippen molar-refractivity contribution in [3.05, 3.63) is 44.3 Å². The molecule has 142 valence electrons. The minimum atomic E-state index is -0.447. The van der Waals surface area contributed by atoms with E-state index in [-0.39, 0.29) is 23.0 Å². The number of nitrogens with zero attached hydrogens (tertiary/aromatic N) is 4. The smallest absolute Gasteiger partial charge is 0.274 e. The maximum Gasteiger partial charge on any atom is 0.274 e. The Labute approximate surface area is 168 Å². The largest absolute Gasteiger partial charge is 0.325 e. The number of anilines is 1. The van der Waals surface area contributed by atoms with Gasteiger partial charge in [-0.05, 0) is 18.2 Å². The summed E-state index contributed by atoms with van der Waals surface area (Å²) in [6.07, 6.45) is 0. The fraction of sp³-hybridized carbons (Fsp3) is 0.312. The van der Waals surface area contributed by atoms with E-state index in [1.165, 1.54) is 4.52 Å². The zero-order chi connectivity index (χ0) is 19.8. The van der Waals surface area contributed by atoms with E-state index in [4.69, 9.17) is 23.2 Å². The predicted molar refractivity (Wildman–Crippen MR) is 106 cm³/mol. The van der Waals surface area contributed by atoms with Crippen LogP contribution in [0.25, 0.3) is 5.78 Å². The molecule has 0 aliphatic carbocycles. The lowest BCUT2D eigenvalue weighted by Crippen LogP contribution is -2.28. The molecule has 0 atom stereocenters. The first-order valence-corrected chi connectivity index (χ1v) is 9.62. The summed E-state index contributed by atoms with van der Waals surface area (Å²) in [5.41, 5.74) is 0.0999. The van der Waals surface area contributed by atoms with E-state index in [0.717, 1.165) is 11.8 Å². The number of amides is 1. The number of aromatic amines is 1. The van der Waals surface area contributed by atoms with Gasteiger partial charge in [-0.15, -0.1) is 10.2 Å². The van der Waals surface area contributed by atoms with E-state index in [9.17, 15) is 9.59 Å². The standard InChI is InChI=1S/C16H16Cl2N6O2S/c1-16(2,3)12-13(26)20-14-21-22-15(24(14)23-12)27-7-11(25)19-10-5-8(17)4-9(18)6-10/h4-6H,7H2,1-3H3,(H,19,25)(H,20,21,26). The quantitative estimate of drug-likeness (QED) is 0.620. The summed E-state index contributed by atoms with van der Waals surface area (Å²) >= 11 is 13.0. The minimum absolute atomic E-state index is 0.0661. The van der Waals surface area contributed by atoms with Crippen molar-refractivity contribution < 1.29 is 4.79 Å². The molecular formula is C16H16Cl2N6O2S. The summed E-state index contributed by atoms with van der Waals surface area (Å²) in [5, 5.41) is 16.2. The second-order valence-electron chi connectivity index (χ2n) is 6.77. The Morgan fingerprint density at radius 2 is 1.89 bits per heavy atom. The molecule has 0 saturated carbocycles. The highest BCUT2D eigenvalue weighted by molar-refractivity contribution is 7.99. The second-order valence-corrected chi connectivity index (χ2v) is 8.58. The lowest BCUT2D eigenvalue weighted by Gasteiger charge is -2.15. The second kappa shape index (κ2) is 7.49. The first-order valence-electron chi connectivity index (χ1n) is 7.88. The van der Waals surface area contributed by atoms with Gasteiger partial charge in [-0.3, -0.25) is 14.6 Å². The molecule has 27 heavy (non-hydrogen) atoms. The molecule has 2 aromatic heterocycles. The molecule has 1 amide bonds. The third kappa shape index (κ3) is 4.60. The van der Waals surface area contributed by atoms with Crippen LogP contribution in [0.3, 0.4) is 0 Å². The monoisotopic (exact) mass is 426 g/mol. The highest BCUT2D eigenvalue weighted by Gasteiger charge is 2.22. The number of nitrogens with one attached hydrogen (secondary N) is 2. The molecule has 11 heteroatoms. The molecule has 2 N–H and O–H groups in total. The highest BCUT2D eigenvalue weighted by atomic mass is 35.5. The van der Waals surface area contributed by atoms with Gasteiger partial charge < -0.3 is 5.32 Å². The highest BCUT2D eigenvalue weighted by Crippen LogP contribution is 2.23. The topological polar surface area (TPSA) is 105 Å². The number of hydrogen-bond donors (Lipinski definition) is 2. The van der Waals surface area contributed by atoms with Gasteiger partial charge in [-0.2, -0.15) is 9.61 Å². The maximum absolute atomic E-state index is 12.2. The van der Waals surface area contributed by atoms with Gasteiger partial charge in [0.1, 0.15) is 5.69 Å². The molecule has 0 saturated heterocycles. The number of H-pyrrole nitrogens is 1. The van der Waals surface area contributed by atoms with Gasteiger partial charge in [-0.1, -0.05) is 55.7 Å². The Morgan fingerprint density at radius 1 is 1.22 bits per heavy atom. The van der Waals surface area contributed by atoms with Crippen LogP contribution >= 0.6 is 35.0 Å². The van der Waals surface area contributed by atoms with Crippen molar-refractivity contribution in [2.24, 2.45) is 0 Å². The van der Waals surface area contributed by atoms with Gasteiger partial charge >= 0.3 is 0 Å². The SMILES string of the molecule is CC(C)(C)c1nn2c(SCC(=O)Nc3cc(Cl)cc(Cl)c3)nnc2[nH]c1=O. The molecule has 3 aromatic rings. The number of carbonyl (C=O) groups excluding carboxylic acids is 1. The molecule has 0 unspecified atom stereocenters. The molecule has 0 radical (unpaired) electrons. The van der Waals surface area contributed by atoms with Crippen LogP contribution in [0, 0.1) is 0 Å². The molecule has 1 aromatic carbocycles. The zero-order valence-corrected chi connectivity index (χ0v) is 17.0. The van der Waals surface area contributed by atoms with Crippen LogP contribution in [0.5, 0.6) is 0 Å². The Bertz CT molecular complexity index is 1050. The van der Waals surface area contributed by atoms with E-state index in [2.05, 4.69) is 25.6 Å². The number of aromatic nitrogens is 5. The molecular weight excluding hydrogens is 411 g/mol. The number of thioether (sulfide) groups is 1. The van der Waals surface area contributed by atoms with Gasteiger partial charge in [0.25, 0.3) is 11.3 Å². The first kappa shape index (κ1) is 19.7. The Kier molecular flexibility index (Phi) is 5.45. The molecule has 0 bridgehead atoms. The Balaban J connectivity index is 1.76. The maximum atomic E-state index is 12.2. The number of halogens is 2. The van der Waals surface area contributed by atoms with E-state index < -0.39 is 5.41 Å². The normalized spacial score (nSPS) is 11.7. The van der Waals surface area contributed by atoms with Gasteiger partial charge in [0.2, 0.25) is 11.1 Å². The number of fused-ring (bicyclic) bond motifs is 1. The van der Waals surface area contributed by atoms with Crippen LogP contribution in [0.4, 0.5) is 5.69 Å².